The Kier molecular flexibility index (Phi) is 9.23. The lowest BCUT2D eigenvalue weighted by molar-refractivity contribution is -0.149. The molecule has 2 saturated heterocycles. The molecule has 0 spiro atoms. The molecular weight excluding hydrogens is 328 g/mol. The van der Waals surface area contributed by atoms with Crippen molar-refractivity contribution in [3.8, 4) is 0 Å². The number of piperidine rings is 2. The number of aliphatic imine (C=N–C) groups is 1. The minimum absolute atomic E-state index is 0.0243. The van der Waals surface area contributed by atoms with E-state index in [1.807, 2.05) is 14.0 Å². The van der Waals surface area contributed by atoms with Crippen molar-refractivity contribution in [2.45, 2.75) is 52.4 Å². The molecule has 0 aliphatic carbocycles. The number of esters is 1. The fraction of sp³-hybridized carbons (Fsp3) is 0.900. The molecule has 2 rings (SSSR count). The van der Waals surface area contributed by atoms with Gasteiger partial charge in [-0.1, -0.05) is 6.92 Å². The van der Waals surface area contributed by atoms with Crippen LogP contribution in [0.1, 0.15) is 52.4 Å². The fourth-order valence-electron chi connectivity index (χ4n) is 3.90. The van der Waals surface area contributed by atoms with Gasteiger partial charge in [0, 0.05) is 26.7 Å². The lowest BCUT2D eigenvalue weighted by Gasteiger charge is -2.34. The number of hydrogen-bond donors (Lipinski definition) is 1. The highest BCUT2D eigenvalue weighted by Crippen LogP contribution is 2.18. The average Bonchev–Trinajstić information content (AvgIpc) is 2.66. The number of carbonyl (C=O) groups is 1. The van der Waals surface area contributed by atoms with Crippen molar-refractivity contribution >= 4 is 11.9 Å². The third-order valence-corrected chi connectivity index (χ3v) is 5.61. The van der Waals surface area contributed by atoms with Crippen LogP contribution in [-0.2, 0) is 9.53 Å². The molecule has 2 aliphatic heterocycles. The van der Waals surface area contributed by atoms with Crippen molar-refractivity contribution < 1.29 is 9.53 Å². The first-order valence-electron chi connectivity index (χ1n) is 10.5. The van der Waals surface area contributed by atoms with Crippen molar-refractivity contribution in [1.29, 1.82) is 0 Å². The number of hydrogen-bond acceptors (Lipinski definition) is 4. The number of rotatable bonds is 7. The van der Waals surface area contributed by atoms with E-state index in [4.69, 9.17) is 4.74 Å². The molecule has 1 N–H and O–H groups in total. The third-order valence-electron chi connectivity index (χ3n) is 5.61. The molecule has 0 saturated carbocycles. The summed E-state index contributed by atoms with van der Waals surface area (Å²) >= 11 is 0. The SMILES string of the molecule is CCOC(=O)C1CCCN(C(=NC)NCCCCN2CCC(C)CC2)C1. The highest BCUT2D eigenvalue weighted by atomic mass is 16.5. The summed E-state index contributed by atoms with van der Waals surface area (Å²) in [5.41, 5.74) is 0. The average molecular weight is 367 g/mol. The first-order chi connectivity index (χ1) is 12.6. The van der Waals surface area contributed by atoms with Gasteiger partial charge < -0.3 is 19.9 Å². The molecule has 0 aromatic carbocycles. The third kappa shape index (κ3) is 6.78. The van der Waals surface area contributed by atoms with Crippen LogP contribution in [0, 0.1) is 11.8 Å². The van der Waals surface area contributed by atoms with Gasteiger partial charge in [0.1, 0.15) is 0 Å². The van der Waals surface area contributed by atoms with Crippen LogP contribution in [0.3, 0.4) is 0 Å². The minimum Gasteiger partial charge on any atom is -0.466 e. The molecular formula is C20H38N4O2. The maximum absolute atomic E-state index is 12.0. The summed E-state index contributed by atoms with van der Waals surface area (Å²) in [6, 6.07) is 0. The molecule has 6 heteroatoms. The standard InChI is InChI=1S/C20H38N4O2/c1-4-26-19(25)18-8-7-13-24(16-18)20(21-3)22-11-5-6-12-23-14-9-17(2)10-15-23/h17-18H,4-16H2,1-3H3,(H,21,22). The van der Waals surface area contributed by atoms with E-state index in [0.29, 0.717) is 13.2 Å². The summed E-state index contributed by atoms with van der Waals surface area (Å²) in [6.45, 7) is 11.0. The second kappa shape index (κ2) is 11.4. The largest absolute Gasteiger partial charge is 0.466 e. The number of nitrogens with one attached hydrogen (secondary N) is 1. The van der Waals surface area contributed by atoms with Gasteiger partial charge in [0.05, 0.1) is 12.5 Å². The zero-order valence-corrected chi connectivity index (χ0v) is 17.0. The topological polar surface area (TPSA) is 57.2 Å². The molecule has 1 unspecified atom stereocenters. The van der Waals surface area contributed by atoms with Crippen LogP contribution in [-0.4, -0.2) is 74.7 Å². The monoisotopic (exact) mass is 366 g/mol. The van der Waals surface area contributed by atoms with Crippen LogP contribution in [0.4, 0.5) is 0 Å². The molecule has 2 aliphatic rings. The Balaban J connectivity index is 1.64. The summed E-state index contributed by atoms with van der Waals surface area (Å²) in [5.74, 6) is 1.73. The fourth-order valence-corrected chi connectivity index (χ4v) is 3.90. The van der Waals surface area contributed by atoms with Crippen molar-refractivity contribution in [2.24, 2.45) is 16.8 Å². The van der Waals surface area contributed by atoms with Crippen molar-refractivity contribution in [2.75, 3.05) is 52.9 Å². The Bertz CT molecular complexity index is 447. The van der Waals surface area contributed by atoms with Gasteiger partial charge in [-0.2, -0.15) is 0 Å². The summed E-state index contributed by atoms with van der Waals surface area (Å²) in [6.07, 6.45) is 7.01. The van der Waals surface area contributed by atoms with Crippen LogP contribution >= 0.6 is 0 Å². The molecule has 6 nitrogen and oxygen atoms in total. The van der Waals surface area contributed by atoms with Gasteiger partial charge in [-0.15, -0.1) is 0 Å². The zero-order valence-electron chi connectivity index (χ0n) is 17.0. The molecule has 0 amide bonds. The summed E-state index contributed by atoms with van der Waals surface area (Å²) in [7, 11) is 1.82. The highest BCUT2D eigenvalue weighted by molar-refractivity contribution is 5.81. The van der Waals surface area contributed by atoms with Crippen LogP contribution in [0.25, 0.3) is 0 Å². The van der Waals surface area contributed by atoms with Gasteiger partial charge >= 0.3 is 5.97 Å². The van der Waals surface area contributed by atoms with E-state index in [0.717, 1.165) is 44.2 Å². The maximum Gasteiger partial charge on any atom is 0.310 e. The smallest absolute Gasteiger partial charge is 0.310 e. The Hall–Kier alpha value is -1.30. The van der Waals surface area contributed by atoms with Crippen LogP contribution in [0.15, 0.2) is 4.99 Å². The maximum atomic E-state index is 12.0. The zero-order chi connectivity index (χ0) is 18.8. The van der Waals surface area contributed by atoms with E-state index >= 15 is 0 Å². The van der Waals surface area contributed by atoms with Crippen molar-refractivity contribution in [3.63, 3.8) is 0 Å². The second-order valence-electron chi connectivity index (χ2n) is 7.74. The predicted octanol–water partition coefficient (Wildman–Crippen LogP) is 2.35. The number of unbranched alkanes of at least 4 members (excludes halogenated alkanes) is 1. The Morgan fingerprint density at radius 1 is 1.19 bits per heavy atom. The van der Waals surface area contributed by atoms with Crippen molar-refractivity contribution in [1.82, 2.24) is 15.1 Å². The summed E-state index contributed by atoms with van der Waals surface area (Å²) < 4.78 is 5.19. The molecule has 0 radical (unpaired) electrons. The number of guanidine groups is 1. The van der Waals surface area contributed by atoms with Gasteiger partial charge in [0.2, 0.25) is 0 Å². The highest BCUT2D eigenvalue weighted by Gasteiger charge is 2.28. The van der Waals surface area contributed by atoms with Crippen molar-refractivity contribution in [3.05, 3.63) is 0 Å². The molecule has 1 atom stereocenters. The van der Waals surface area contributed by atoms with Gasteiger partial charge in [-0.25, -0.2) is 0 Å². The Labute approximate surface area is 159 Å². The van der Waals surface area contributed by atoms with Crippen LogP contribution < -0.4 is 5.32 Å². The van der Waals surface area contributed by atoms with E-state index in [2.05, 4.69) is 27.0 Å². The minimum atomic E-state index is -0.0662. The molecule has 150 valence electrons. The Morgan fingerprint density at radius 3 is 2.65 bits per heavy atom. The lowest BCUT2D eigenvalue weighted by Crippen LogP contribution is -2.48. The van der Waals surface area contributed by atoms with E-state index in [1.165, 1.54) is 38.9 Å². The Morgan fingerprint density at radius 2 is 1.96 bits per heavy atom. The van der Waals surface area contributed by atoms with Gasteiger partial charge in [0.15, 0.2) is 5.96 Å². The second-order valence-corrected chi connectivity index (χ2v) is 7.74. The quantitative estimate of drug-likeness (QED) is 0.324. The predicted molar refractivity (Wildman–Crippen MR) is 106 cm³/mol. The number of carbonyl (C=O) groups excluding carboxylic acids is 1. The summed E-state index contributed by atoms with van der Waals surface area (Å²) in [5, 5.41) is 3.48. The van der Waals surface area contributed by atoms with E-state index in [-0.39, 0.29) is 11.9 Å². The van der Waals surface area contributed by atoms with Gasteiger partial charge in [-0.3, -0.25) is 9.79 Å². The molecule has 0 bridgehead atoms. The van der Waals surface area contributed by atoms with Crippen LogP contribution in [0.5, 0.6) is 0 Å². The molecule has 0 aromatic rings. The van der Waals surface area contributed by atoms with E-state index in [9.17, 15) is 4.79 Å². The number of likely N-dealkylation sites (tertiary alicyclic amines) is 2. The normalized spacial score (nSPS) is 23.1. The van der Waals surface area contributed by atoms with Crippen LogP contribution in [0.2, 0.25) is 0 Å². The lowest BCUT2D eigenvalue weighted by atomic mass is 9.98. The molecule has 0 aromatic heterocycles. The van der Waals surface area contributed by atoms with Gasteiger partial charge in [-0.05, 0) is 71.0 Å². The van der Waals surface area contributed by atoms with E-state index < -0.39 is 0 Å². The summed E-state index contributed by atoms with van der Waals surface area (Å²) in [4.78, 5) is 21.2. The first kappa shape index (κ1) is 21.0. The first-order valence-corrected chi connectivity index (χ1v) is 10.5. The molecule has 26 heavy (non-hydrogen) atoms. The van der Waals surface area contributed by atoms with E-state index in [1.54, 1.807) is 0 Å². The number of nitrogens with zero attached hydrogens (tertiary/aromatic N) is 3. The molecule has 2 fully saturated rings. The van der Waals surface area contributed by atoms with Gasteiger partial charge in [0.25, 0.3) is 0 Å². The molecule has 2 heterocycles. The number of ether oxygens (including phenoxy) is 1.